The Bertz CT molecular complexity index is 802. The molecule has 1 saturated carbocycles. The molecule has 2 amide bonds. The molecule has 1 aromatic carbocycles. The molecule has 0 spiro atoms. The summed E-state index contributed by atoms with van der Waals surface area (Å²) in [6, 6.07) is 9.21. The number of amides is 2. The maximum Gasteiger partial charge on any atom is 0.306 e. The van der Waals surface area contributed by atoms with Crippen molar-refractivity contribution >= 4 is 17.8 Å². The van der Waals surface area contributed by atoms with Crippen LogP contribution >= 0.6 is 0 Å². The first-order valence-electron chi connectivity index (χ1n) is 11.6. The molecule has 1 aliphatic rings. The lowest BCUT2D eigenvalue weighted by Gasteiger charge is -2.29. The van der Waals surface area contributed by atoms with Gasteiger partial charge in [0.2, 0.25) is 11.8 Å². The molecule has 3 N–H and O–H groups in total. The van der Waals surface area contributed by atoms with E-state index in [0.29, 0.717) is 12.8 Å². The second-order valence-electron chi connectivity index (χ2n) is 8.58. The van der Waals surface area contributed by atoms with Gasteiger partial charge in [-0.25, -0.2) is 0 Å². The SMILES string of the molecule is C=CCCC(=O)O[C@@H](CNC(=O)[C@H](CC=C)CC(=O)NC1(CO)CCCC1)c1ccccc1. The molecule has 7 nitrogen and oxygen atoms in total. The second-order valence-corrected chi connectivity index (χ2v) is 8.58. The minimum absolute atomic E-state index is 0.00523. The third-order valence-electron chi connectivity index (χ3n) is 5.98. The monoisotopic (exact) mass is 456 g/mol. The van der Waals surface area contributed by atoms with Crippen LogP contribution in [0.1, 0.15) is 63.0 Å². The fourth-order valence-electron chi connectivity index (χ4n) is 4.10. The minimum atomic E-state index is -0.637. The predicted octanol–water partition coefficient (Wildman–Crippen LogP) is 3.36. The normalized spacial score (nSPS) is 16.3. The van der Waals surface area contributed by atoms with Gasteiger partial charge in [0.15, 0.2) is 0 Å². The van der Waals surface area contributed by atoms with Crippen LogP contribution in [0, 0.1) is 5.92 Å². The maximum absolute atomic E-state index is 12.9. The number of benzene rings is 1. The van der Waals surface area contributed by atoms with E-state index in [1.165, 1.54) is 0 Å². The van der Waals surface area contributed by atoms with Crippen molar-refractivity contribution in [1.82, 2.24) is 10.6 Å². The van der Waals surface area contributed by atoms with Crippen molar-refractivity contribution < 1.29 is 24.2 Å². The Hall–Kier alpha value is -2.93. The number of hydrogen-bond acceptors (Lipinski definition) is 5. The van der Waals surface area contributed by atoms with Gasteiger partial charge in [-0.2, -0.15) is 0 Å². The standard InChI is InChI=1S/C26H36N2O5/c1-3-5-14-24(31)33-22(20-12-7-6-8-13-20)18-27-25(32)21(11-4-2)17-23(30)28-26(19-29)15-9-10-16-26/h3-4,6-8,12-13,21-22,29H,1-2,5,9-11,14-19H2,(H,27,32)(H,28,30)/t21-,22+/m1/s1. The lowest BCUT2D eigenvalue weighted by Crippen LogP contribution is -2.50. The van der Waals surface area contributed by atoms with Crippen molar-refractivity contribution in [2.75, 3.05) is 13.2 Å². The number of esters is 1. The third kappa shape index (κ3) is 8.50. The summed E-state index contributed by atoms with van der Waals surface area (Å²) in [5.74, 6) is -1.54. The summed E-state index contributed by atoms with van der Waals surface area (Å²) < 4.78 is 5.60. The van der Waals surface area contributed by atoms with Crippen LogP contribution in [0.4, 0.5) is 0 Å². The molecule has 2 rings (SSSR count). The van der Waals surface area contributed by atoms with E-state index in [1.807, 2.05) is 30.3 Å². The zero-order valence-electron chi connectivity index (χ0n) is 19.3. The van der Waals surface area contributed by atoms with Crippen molar-refractivity contribution in [3.63, 3.8) is 0 Å². The minimum Gasteiger partial charge on any atom is -0.456 e. The molecule has 180 valence electrons. The number of hydrogen-bond donors (Lipinski definition) is 3. The Labute approximate surface area is 196 Å². The van der Waals surface area contributed by atoms with Gasteiger partial charge in [0.25, 0.3) is 0 Å². The third-order valence-corrected chi connectivity index (χ3v) is 5.98. The molecule has 0 aliphatic heterocycles. The smallest absolute Gasteiger partial charge is 0.306 e. The van der Waals surface area contributed by atoms with Crippen LogP contribution in [0.3, 0.4) is 0 Å². The molecule has 33 heavy (non-hydrogen) atoms. The van der Waals surface area contributed by atoms with E-state index in [-0.39, 0.29) is 43.8 Å². The highest BCUT2D eigenvalue weighted by molar-refractivity contribution is 5.86. The van der Waals surface area contributed by atoms with Gasteiger partial charge >= 0.3 is 5.97 Å². The largest absolute Gasteiger partial charge is 0.456 e. The van der Waals surface area contributed by atoms with Gasteiger partial charge in [0.1, 0.15) is 6.10 Å². The molecule has 0 saturated heterocycles. The topological polar surface area (TPSA) is 105 Å². The van der Waals surface area contributed by atoms with Crippen molar-refractivity contribution in [2.24, 2.45) is 5.92 Å². The zero-order valence-corrected chi connectivity index (χ0v) is 19.3. The van der Waals surface area contributed by atoms with E-state index in [0.717, 1.165) is 31.2 Å². The maximum atomic E-state index is 12.9. The van der Waals surface area contributed by atoms with Crippen molar-refractivity contribution in [3.05, 3.63) is 61.2 Å². The number of aliphatic hydroxyl groups excluding tert-OH is 1. The van der Waals surface area contributed by atoms with Crippen LogP contribution in [-0.4, -0.2) is 41.6 Å². The first-order valence-corrected chi connectivity index (χ1v) is 11.6. The number of allylic oxidation sites excluding steroid dienone is 2. The molecule has 1 fully saturated rings. The summed E-state index contributed by atoms with van der Waals surface area (Å²) in [6.45, 7) is 7.31. The molecule has 0 aromatic heterocycles. The fraction of sp³-hybridized carbons (Fsp3) is 0.500. The summed E-state index contributed by atoms with van der Waals surface area (Å²) >= 11 is 0. The Morgan fingerprint density at radius 1 is 1.12 bits per heavy atom. The van der Waals surface area contributed by atoms with E-state index in [1.54, 1.807) is 12.2 Å². The molecule has 0 heterocycles. The van der Waals surface area contributed by atoms with E-state index in [4.69, 9.17) is 4.74 Å². The highest BCUT2D eigenvalue weighted by Gasteiger charge is 2.35. The Morgan fingerprint density at radius 2 is 1.82 bits per heavy atom. The van der Waals surface area contributed by atoms with Crippen LogP contribution in [0.15, 0.2) is 55.6 Å². The summed E-state index contributed by atoms with van der Waals surface area (Å²) in [5, 5.41) is 15.5. The predicted molar refractivity (Wildman–Crippen MR) is 127 cm³/mol. The lowest BCUT2D eigenvalue weighted by atomic mass is 9.95. The Balaban J connectivity index is 1.99. The van der Waals surface area contributed by atoms with Gasteiger partial charge in [0, 0.05) is 12.8 Å². The van der Waals surface area contributed by atoms with Gasteiger partial charge < -0.3 is 20.5 Å². The van der Waals surface area contributed by atoms with Gasteiger partial charge in [-0.3, -0.25) is 14.4 Å². The summed E-state index contributed by atoms with van der Waals surface area (Å²) in [7, 11) is 0. The number of nitrogens with one attached hydrogen (secondary N) is 2. The molecule has 2 atom stereocenters. The summed E-state index contributed by atoms with van der Waals surface area (Å²) in [4.78, 5) is 37.7. The highest BCUT2D eigenvalue weighted by Crippen LogP contribution is 2.29. The molecule has 1 aromatic rings. The molecule has 1 aliphatic carbocycles. The number of ether oxygens (including phenoxy) is 1. The van der Waals surface area contributed by atoms with Crippen LogP contribution in [-0.2, 0) is 19.1 Å². The Morgan fingerprint density at radius 3 is 2.42 bits per heavy atom. The first kappa shape index (κ1) is 26.3. The fourth-order valence-corrected chi connectivity index (χ4v) is 4.10. The number of aliphatic hydroxyl groups is 1. The van der Waals surface area contributed by atoms with Crippen LogP contribution in [0.2, 0.25) is 0 Å². The molecular weight excluding hydrogens is 420 g/mol. The van der Waals surface area contributed by atoms with Gasteiger partial charge in [-0.05, 0) is 31.2 Å². The second kappa shape index (κ2) is 13.6. The van der Waals surface area contributed by atoms with Crippen molar-refractivity contribution in [2.45, 2.75) is 63.0 Å². The van der Waals surface area contributed by atoms with Crippen LogP contribution in [0.5, 0.6) is 0 Å². The van der Waals surface area contributed by atoms with E-state index in [9.17, 15) is 19.5 Å². The average molecular weight is 457 g/mol. The van der Waals surface area contributed by atoms with Gasteiger partial charge in [0.05, 0.1) is 24.6 Å². The first-order chi connectivity index (χ1) is 15.9. The number of carbonyl (C=O) groups excluding carboxylic acids is 3. The summed E-state index contributed by atoms with van der Waals surface area (Å²) in [5.41, 5.74) is 0.193. The molecule has 0 bridgehead atoms. The zero-order chi connectivity index (χ0) is 24.1. The molecule has 7 heteroatoms. The summed E-state index contributed by atoms with van der Waals surface area (Å²) in [6.07, 6.45) is 7.08. The molecular formula is C26H36N2O5. The van der Waals surface area contributed by atoms with Crippen LogP contribution in [0.25, 0.3) is 0 Å². The quantitative estimate of drug-likeness (QED) is 0.294. The van der Waals surface area contributed by atoms with E-state index in [2.05, 4.69) is 23.8 Å². The molecule has 0 radical (unpaired) electrons. The van der Waals surface area contributed by atoms with Crippen molar-refractivity contribution in [3.8, 4) is 0 Å². The number of carbonyl (C=O) groups is 3. The molecule has 0 unspecified atom stereocenters. The van der Waals surface area contributed by atoms with Crippen LogP contribution < -0.4 is 10.6 Å². The van der Waals surface area contributed by atoms with E-state index >= 15 is 0 Å². The average Bonchev–Trinajstić information content (AvgIpc) is 3.29. The lowest BCUT2D eigenvalue weighted by molar-refractivity contribution is -0.150. The van der Waals surface area contributed by atoms with Gasteiger partial charge in [-0.1, -0.05) is 55.3 Å². The van der Waals surface area contributed by atoms with E-state index < -0.39 is 17.6 Å². The Kier molecular flexibility index (Phi) is 10.8. The van der Waals surface area contributed by atoms with Crippen molar-refractivity contribution in [1.29, 1.82) is 0 Å². The highest BCUT2D eigenvalue weighted by atomic mass is 16.5. The number of rotatable bonds is 14. The van der Waals surface area contributed by atoms with Gasteiger partial charge in [-0.15, -0.1) is 13.2 Å².